The van der Waals surface area contributed by atoms with E-state index in [1.54, 1.807) is 16.8 Å². The Hall–Kier alpha value is -4.27. The summed E-state index contributed by atoms with van der Waals surface area (Å²) < 4.78 is 3.00. The van der Waals surface area contributed by atoms with Crippen molar-refractivity contribution in [3.8, 4) is 5.69 Å². The average Bonchev–Trinajstić information content (AvgIpc) is 3.24. The number of rotatable bonds is 3. The molecule has 1 aliphatic heterocycles. The van der Waals surface area contributed by atoms with E-state index >= 15 is 0 Å². The van der Waals surface area contributed by atoms with Gasteiger partial charge in [0.1, 0.15) is 11.3 Å². The Morgan fingerprint density at radius 3 is 2.52 bits per heavy atom. The molecule has 0 bridgehead atoms. The summed E-state index contributed by atoms with van der Waals surface area (Å²) in [6.07, 6.45) is 0. The lowest BCUT2D eigenvalue weighted by molar-refractivity contribution is 0.0880. The van der Waals surface area contributed by atoms with Crippen LogP contribution in [0.3, 0.4) is 0 Å². The molecular weight excluding hydrogens is 372 g/mol. The highest BCUT2D eigenvalue weighted by Gasteiger charge is 2.31. The van der Waals surface area contributed by atoms with Gasteiger partial charge in [-0.15, -0.1) is 5.10 Å². The fourth-order valence-corrected chi connectivity index (χ4v) is 3.50. The van der Waals surface area contributed by atoms with Gasteiger partial charge in [-0.25, -0.2) is 4.68 Å². The number of fused-ring (bicyclic) bond motifs is 2. The van der Waals surface area contributed by atoms with E-state index in [2.05, 4.69) is 15.6 Å². The molecule has 9 nitrogen and oxygen atoms in total. The molecule has 3 N–H and O–H groups in total. The van der Waals surface area contributed by atoms with Crippen molar-refractivity contribution in [2.75, 3.05) is 5.73 Å². The van der Waals surface area contributed by atoms with Gasteiger partial charge >= 0.3 is 0 Å². The lowest BCUT2D eigenvalue weighted by atomic mass is 10.1. The van der Waals surface area contributed by atoms with Gasteiger partial charge in [-0.1, -0.05) is 29.5 Å². The van der Waals surface area contributed by atoms with Gasteiger partial charge in [-0.05, 0) is 29.8 Å². The molecule has 9 heteroatoms. The zero-order chi connectivity index (χ0) is 20.1. The number of imide groups is 1. The van der Waals surface area contributed by atoms with Crippen LogP contribution in [0.2, 0.25) is 0 Å². The number of hydrogen-bond donors (Lipinski definition) is 2. The molecule has 2 amide bonds. The Morgan fingerprint density at radius 1 is 0.966 bits per heavy atom. The van der Waals surface area contributed by atoms with E-state index in [9.17, 15) is 14.4 Å². The first kappa shape index (κ1) is 16.9. The topological polar surface area (TPSA) is 125 Å². The SMILES string of the molecule is Nc1c2c(cc(=O)n1-c1ccc(Cn3nnc4ccccc43)cc1)C(=O)NC2=O. The first-order chi connectivity index (χ1) is 14.0. The van der Waals surface area contributed by atoms with Crippen molar-refractivity contribution in [1.29, 1.82) is 0 Å². The van der Waals surface area contributed by atoms with Gasteiger partial charge in [0.2, 0.25) is 0 Å². The number of nitrogens with one attached hydrogen (secondary N) is 1. The zero-order valence-corrected chi connectivity index (χ0v) is 15.0. The molecule has 0 atom stereocenters. The summed E-state index contributed by atoms with van der Waals surface area (Å²) in [6.45, 7) is 0.506. The van der Waals surface area contributed by atoms with Gasteiger partial charge in [0.15, 0.2) is 0 Å². The maximum Gasteiger partial charge on any atom is 0.262 e. The van der Waals surface area contributed by atoms with Crippen LogP contribution in [0.25, 0.3) is 16.7 Å². The summed E-state index contributed by atoms with van der Waals surface area (Å²) >= 11 is 0. The molecule has 5 rings (SSSR count). The molecule has 0 saturated heterocycles. The number of para-hydroxylation sites is 1. The molecule has 142 valence electrons. The number of anilines is 1. The number of carbonyl (C=O) groups is 2. The lowest BCUT2D eigenvalue weighted by Crippen LogP contribution is -2.24. The van der Waals surface area contributed by atoms with Crippen LogP contribution in [-0.2, 0) is 6.54 Å². The predicted molar refractivity (Wildman–Crippen MR) is 105 cm³/mol. The Bertz CT molecular complexity index is 1370. The molecular formula is C20H14N6O3. The Labute approximate surface area is 163 Å². The van der Waals surface area contributed by atoms with Crippen molar-refractivity contribution in [1.82, 2.24) is 24.9 Å². The van der Waals surface area contributed by atoms with Crippen molar-refractivity contribution in [2.45, 2.75) is 6.54 Å². The number of amides is 2. The summed E-state index contributed by atoms with van der Waals surface area (Å²) in [5, 5.41) is 10.5. The van der Waals surface area contributed by atoms with Gasteiger partial charge in [0, 0.05) is 6.07 Å². The van der Waals surface area contributed by atoms with E-state index in [1.165, 1.54) is 4.57 Å². The zero-order valence-electron chi connectivity index (χ0n) is 15.0. The van der Waals surface area contributed by atoms with E-state index in [4.69, 9.17) is 5.73 Å². The van der Waals surface area contributed by atoms with Crippen LogP contribution in [0.15, 0.2) is 59.4 Å². The van der Waals surface area contributed by atoms with Crippen molar-refractivity contribution < 1.29 is 9.59 Å². The van der Waals surface area contributed by atoms with E-state index in [0.29, 0.717) is 12.2 Å². The monoisotopic (exact) mass is 386 g/mol. The Kier molecular flexibility index (Phi) is 3.56. The molecule has 0 radical (unpaired) electrons. The Morgan fingerprint density at radius 2 is 1.72 bits per heavy atom. The number of pyridine rings is 1. The minimum atomic E-state index is -0.614. The molecule has 2 aromatic heterocycles. The first-order valence-corrected chi connectivity index (χ1v) is 8.81. The van der Waals surface area contributed by atoms with Crippen LogP contribution in [-0.4, -0.2) is 31.4 Å². The molecule has 29 heavy (non-hydrogen) atoms. The van der Waals surface area contributed by atoms with Crippen LogP contribution in [0.1, 0.15) is 26.3 Å². The normalized spacial score (nSPS) is 13.0. The van der Waals surface area contributed by atoms with E-state index < -0.39 is 17.4 Å². The minimum Gasteiger partial charge on any atom is -0.384 e. The molecule has 0 aliphatic carbocycles. The summed E-state index contributed by atoms with van der Waals surface area (Å²) in [5.41, 5.74) is 8.78. The molecule has 0 unspecified atom stereocenters. The second kappa shape index (κ2) is 6.13. The number of benzene rings is 2. The van der Waals surface area contributed by atoms with Gasteiger partial charge in [-0.2, -0.15) is 0 Å². The van der Waals surface area contributed by atoms with E-state index in [1.807, 2.05) is 36.4 Å². The maximum absolute atomic E-state index is 12.5. The third kappa shape index (κ3) is 2.59. The summed E-state index contributed by atoms with van der Waals surface area (Å²) in [6, 6.07) is 15.9. The van der Waals surface area contributed by atoms with Crippen LogP contribution in [0, 0.1) is 0 Å². The highest BCUT2D eigenvalue weighted by atomic mass is 16.2. The summed E-state index contributed by atoms with van der Waals surface area (Å²) in [7, 11) is 0. The summed E-state index contributed by atoms with van der Waals surface area (Å²) in [4.78, 5) is 36.3. The van der Waals surface area contributed by atoms with Gasteiger partial charge in [0.25, 0.3) is 17.4 Å². The van der Waals surface area contributed by atoms with Crippen LogP contribution in [0.4, 0.5) is 5.82 Å². The van der Waals surface area contributed by atoms with Crippen molar-refractivity contribution in [3.05, 3.63) is 81.6 Å². The third-order valence-electron chi connectivity index (χ3n) is 4.90. The highest BCUT2D eigenvalue weighted by Crippen LogP contribution is 2.23. The quantitative estimate of drug-likeness (QED) is 0.508. The van der Waals surface area contributed by atoms with Crippen LogP contribution < -0.4 is 16.6 Å². The predicted octanol–water partition coefficient (Wildman–Crippen LogP) is 1.10. The minimum absolute atomic E-state index is 0.00318. The molecule has 1 aliphatic rings. The number of hydrogen-bond acceptors (Lipinski definition) is 6. The fourth-order valence-electron chi connectivity index (χ4n) is 3.50. The van der Waals surface area contributed by atoms with Crippen molar-refractivity contribution >= 4 is 28.7 Å². The number of nitrogens with two attached hydrogens (primary N) is 1. The number of carbonyl (C=O) groups excluding carboxylic acids is 2. The van der Waals surface area contributed by atoms with Crippen molar-refractivity contribution in [3.63, 3.8) is 0 Å². The van der Waals surface area contributed by atoms with Gasteiger partial charge in [0.05, 0.1) is 28.9 Å². The molecule has 0 fully saturated rings. The van der Waals surface area contributed by atoms with E-state index in [-0.39, 0.29) is 16.9 Å². The smallest absolute Gasteiger partial charge is 0.262 e. The second-order valence-electron chi connectivity index (χ2n) is 6.68. The molecule has 0 spiro atoms. The molecule has 0 saturated carbocycles. The third-order valence-corrected chi connectivity index (χ3v) is 4.90. The highest BCUT2D eigenvalue weighted by molar-refractivity contribution is 6.23. The van der Waals surface area contributed by atoms with Gasteiger partial charge in [-0.3, -0.25) is 24.3 Å². The number of nitrogen functional groups attached to an aromatic ring is 1. The number of aromatic nitrogens is 4. The Balaban J connectivity index is 1.51. The average molecular weight is 386 g/mol. The van der Waals surface area contributed by atoms with Crippen LogP contribution >= 0.6 is 0 Å². The molecule has 2 aromatic carbocycles. The van der Waals surface area contributed by atoms with Crippen LogP contribution in [0.5, 0.6) is 0 Å². The van der Waals surface area contributed by atoms with Crippen molar-refractivity contribution in [2.24, 2.45) is 0 Å². The lowest BCUT2D eigenvalue weighted by Gasteiger charge is -2.12. The first-order valence-electron chi connectivity index (χ1n) is 8.81. The fraction of sp³-hybridized carbons (Fsp3) is 0.0500. The molecule has 3 heterocycles. The maximum atomic E-state index is 12.5. The van der Waals surface area contributed by atoms with E-state index in [0.717, 1.165) is 22.7 Å². The number of nitrogens with zero attached hydrogens (tertiary/aromatic N) is 4. The standard InChI is InChI=1S/C20H14N6O3/c21-18-17-13(19(28)22-20(17)29)9-16(27)26(18)12-7-5-11(6-8-12)10-25-15-4-2-1-3-14(15)23-24-25/h1-9H,10,21H2,(H,22,28,29). The molecule has 4 aromatic rings. The largest absolute Gasteiger partial charge is 0.384 e. The second-order valence-corrected chi connectivity index (χ2v) is 6.68. The van der Waals surface area contributed by atoms with Gasteiger partial charge < -0.3 is 5.73 Å². The summed E-state index contributed by atoms with van der Waals surface area (Å²) in [5.74, 6) is -1.28.